The molecule has 1 amide bonds. The zero-order valence-electron chi connectivity index (χ0n) is 19.7. The van der Waals surface area contributed by atoms with Gasteiger partial charge in [0.25, 0.3) is 0 Å². The van der Waals surface area contributed by atoms with Crippen LogP contribution >= 0.6 is 0 Å². The van der Waals surface area contributed by atoms with Crippen LogP contribution in [0.5, 0.6) is 11.5 Å². The van der Waals surface area contributed by atoms with E-state index in [1.165, 1.54) is 7.11 Å². The van der Waals surface area contributed by atoms with E-state index in [4.69, 9.17) is 19.9 Å². The summed E-state index contributed by atoms with van der Waals surface area (Å²) in [6.07, 6.45) is 3.38. The smallest absolute Gasteiger partial charge is 0.337 e. The lowest BCUT2D eigenvalue weighted by Crippen LogP contribution is -2.49. The first-order valence-corrected chi connectivity index (χ1v) is 11.6. The quantitative estimate of drug-likeness (QED) is 0.351. The summed E-state index contributed by atoms with van der Waals surface area (Å²) in [5.74, 6) is 0.0210. The Morgan fingerprint density at radius 2 is 1.69 bits per heavy atom. The van der Waals surface area contributed by atoms with Crippen molar-refractivity contribution >= 4 is 17.6 Å². The molecule has 2 heterocycles. The van der Waals surface area contributed by atoms with Crippen LogP contribution in [0.3, 0.4) is 0 Å². The number of hydrogen-bond donors (Lipinski definition) is 2. The van der Waals surface area contributed by atoms with Gasteiger partial charge >= 0.3 is 5.97 Å². The van der Waals surface area contributed by atoms with Crippen LogP contribution in [0.15, 0.2) is 108 Å². The number of para-hydroxylation sites is 1. The van der Waals surface area contributed by atoms with Gasteiger partial charge in [-0.15, -0.1) is 0 Å². The molecule has 2 aliphatic heterocycles. The molecule has 3 atom stereocenters. The fourth-order valence-electron chi connectivity index (χ4n) is 4.81. The molecular formula is C29H26N2O5. The number of nitrogens with one attached hydrogen (secondary N) is 1. The van der Waals surface area contributed by atoms with Crippen LogP contribution in [-0.2, 0) is 25.5 Å². The number of ether oxygens (including phenoxy) is 3. The topological polar surface area (TPSA) is 99.9 Å². The summed E-state index contributed by atoms with van der Waals surface area (Å²) in [5, 5.41) is 3.53. The summed E-state index contributed by atoms with van der Waals surface area (Å²) in [5.41, 5.74) is 6.48. The van der Waals surface area contributed by atoms with Crippen molar-refractivity contribution in [3.05, 3.63) is 114 Å². The fourth-order valence-corrected chi connectivity index (χ4v) is 4.81. The number of carbonyl (C=O) groups is 2. The molecule has 3 aromatic rings. The first-order chi connectivity index (χ1) is 17.5. The third-order valence-electron chi connectivity index (χ3n) is 6.39. The third-order valence-corrected chi connectivity index (χ3v) is 6.39. The SMILES string of the molecule is COC(=O)C1=C(C(N)=O)C2C=CC1(C(Cc1ccccc1)Nc1cccc(Oc3ccccc3)c1)O2. The van der Waals surface area contributed by atoms with Crippen molar-refractivity contribution in [1.82, 2.24) is 0 Å². The highest BCUT2D eigenvalue weighted by molar-refractivity contribution is 6.06. The normalized spacial score (nSPS) is 20.8. The average Bonchev–Trinajstić information content (AvgIpc) is 3.48. The van der Waals surface area contributed by atoms with Gasteiger partial charge in [-0.2, -0.15) is 0 Å². The van der Waals surface area contributed by atoms with E-state index in [2.05, 4.69) is 5.32 Å². The van der Waals surface area contributed by atoms with Gasteiger partial charge in [-0.1, -0.05) is 60.7 Å². The molecule has 5 rings (SSSR count). The van der Waals surface area contributed by atoms with E-state index in [9.17, 15) is 9.59 Å². The van der Waals surface area contributed by atoms with Crippen LogP contribution < -0.4 is 15.8 Å². The van der Waals surface area contributed by atoms with E-state index < -0.39 is 29.6 Å². The van der Waals surface area contributed by atoms with Gasteiger partial charge in [-0.25, -0.2) is 4.79 Å². The van der Waals surface area contributed by atoms with Crippen molar-refractivity contribution in [3.8, 4) is 11.5 Å². The monoisotopic (exact) mass is 482 g/mol. The summed E-state index contributed by atoms with van der Waals surface area (Å²) in [6.45, 7) is 0. The second-order valence-corrected chi connectivity index (χ2v) is 8.66. The molecule has 0 fully saturated rings. The molecular weight excluding hydrogens is 456 g/mol. The van der Waals surface area contributed by atoms with Gasteiger partial charge < -0.3 is 25.3 Å². The van der Waals surface area contributed by atoms with E-state index in [-0.39, 0.29) is 11.1 Å². The van der Waals surface area contributed by atoms with E-state index in [0.717, 1.165) is 17.0 Å². The van der Waals surface area contributed by atoms with Crippen LogP contribution in [0, 0.1) is 0 Å². The predicted octanol–water partition coefficient (Wildman–Crippen LogP) is 4.16. The summed E-state index contributed by atoms with van der Waals surface area (Å²) >= 11 is 0. The molecule has 2 bridgehead atoms. The minimum atomic E-state index is -1.24. The van der Waals surface area contributed by atoms with Crippen molar-refractivity contribution in [1.29, 1.82) is 0 Å². The van der Waals surface area contributed by atoms with Crippen molar-refractivity contribution < 1.29 is 23.8 Å². The van der Waals surface area contributed by atoms with Gasteiger partial charge in [0, 0.05) is 11.8 Å². The highest BCUT2D eigenvalue weighted by Crippen LogP contribution is 2.47. The summed E-state index contributed by atoms with van der Waals surface area (Å²) in [7, 11) is 1.28. The molecule has 3 N–H and O–H groups in total. The third kappa shape index (κ3) is 4.36. The number of anilines is 1. The number of carbonyl (C=O) groups excluding carboxylic acids is 2. The van der Waals surface area contributed by atoms with Crippen LogP contribution in [0.25, 0.3) is 0 Å². The lowest BCUT2D eigenvalue weighted by atomic mass is 9.79. The van der Waals surface area contributed by atoms with Crippen LogP contribution in [0.1, 0.15) is 5.56 Å². The van der Waals surface area contributed by atoms with E-state index in [1.54, 1.807) is 6.08 Å². The Bertz CT molecular complexity index is 1340. The van der Waals surface area contributed by atoms with Crippen LogP contribution in [0.2, 0.25) is 0 Å². The Morgan fingerprint density at radius 1 is 1.00 bits per heavy atom. The number of nitrogens with two attached hydrogens (primary N) is 1. The van der Waals surface area contributed by atoms with Gasteiger partial charge in [-0.3, -0.25) is 4.79 Å². The van der Waals surface area contributed by atoms with E-state index in [0.29, 0.717) is 12.2 Å². The molecule has 7 heteroatoms. The largest absolute Gasteiger partial charge is 0.466 e. The summed E-state index contributed by atoms with van der Waals surface area (Å²) in [6, 6.07) is 26.4. The molecule has 3 aromatic carbocycles. The fraction of sp³-hybridized carbons (Fsp3) is 0.172. The summed E-state index contributed by atoms with van der Waals surface area (Å²) in [4.78, 5) is 25.3. The number of fused-ring (bicyclic) bond motifs is 2. The van der Waals surface area contributed by atoms with Gasteiger partial charge in [0.05, 0.1) is 24.3 Å². The van der Waals surface area contributed by atoms with Crippen LogP contribution in [-0.4, -0.2) is 36.7 Å². The predicted molar refractivity (Wildman–Crippen MR) is 135 cm³/mol. The van der Waals surface area contributed by atoms with Gasteiger partial charge in [-0.05, 0) is 42.3 Å². The number of benzene rings is 3. The molecule has 0 radical (unpaired) electrons. The number of esters is 1. The van der Waals surface area contributed by atoms with Gasteiger partial charge in [0.1, 0.15) is 23.2 Å². The zero-order valence-corrected chi connectivity index (χ0v) is 19.7. The van der Waals surface area contributed by atoms with Crippen molar-refractivity contribution in [2.45, 2.75) is 24.2 Å². The van der Waals surface area contributed by atoms with E-state index in [1.807, 2.05) is 91.0 Å². The van der Waals surface area contributed by atoms with Crippen molar-refractivity contribution in [3.63, 3.8) is 0 Å². The Kier molecular flexibility index (Phi) is 6.31. The molecule has 36 heavy (non-hydrogen) atoms. The second-order valence-electron chi connectivity index (χ2n) is 8.66. The Balaban J connectivity index is 1.53. The second kappa shape index (κ2) is 9.71. The highest BCUT2D eigenvalue weighted by Gasteiger charge is 2.57. The maximum absolute atomic E-state index is 12.9. The molecule has 0 saturated heterocycles. The number of primary amides is 1. The first kappa shape index (κ1) is 23.4. The van der Waals surface area contributed by atoms with Crippen molar-refractivity contribution in [2.75, 3.05) is 12.4 Å². The number of rotatable bonds is 9. The molecule has 7 nitrogen and oxygen atoms in total. The van der Waals surface area contributed by atoms with Gasteiger partial charge in [0.2, 0.25) is 5.91 Å². The molecule has 182 valence electrons. The Hall–Kier alpha value is -4.36. The Morgan fingerprint density at radius 3 is 2.39 bits per heavy atom. The number of methoxy groups -OCH3 is 1. The van der Waals surface area contributed by atoms with E-state index >= 15 is 0 Å². The Labute approximate surface area is 209 Å². The highest BCUT2D eigenvalue weighted by atomic mass is 16.5. The minimum Gasteiger partial charge on any atom is -0.466 e. The lowest BCUT2D eigenvalue weighted by Gasteiger charge is -2.36. The maximum Gasteiger partial charge on any atom is 0.337 e. The minimum absolute atomic E-state index is 0.130. The number of hydrogen-bond acceptors (Lipinski definition) is 6. The van der Waals surface area contributed by atoms with Crippen LogP contribution in [0.4, 0.5) is 5.69 Å². The molecule has 0 spiro atoms. The number of amides is 1. The average molecular weight is 483 g/mol. The standard InChI is InChI=1S/C29H26N2O5/c1-34-28(33)26-25(27(30)32)23-15-16-29(26,36-23)24(17-19-9-4-2-5-10-19)31-20-11-8-14-22(18-20)35-21-12-6-3-7-13-21/h2-16,18,23-24,31H,17H2,1H3,(H2,30,32). The van der Waals surface area contributed by atoms with Crippen molar-refractivity contribution in [2.24, 2.45) is 5.73 Å². The zero-order chi connectivity index (χ0) is 25.1. The summed E-state index contributed by atoms with van der Waals surface area (Å²) < 4.78 is 17.4. The molecule has 0 aliphatic carbocycles. The van der Waals surface area contributed by atoms with Gasteiger partial charge in [0.15, 0.2) is 0 Å². The molecule has 2 aliphatic rings. The molecule has 0 aromatic heterocycles. The first-order valence-electron chi connectivity index (χ1n) is 11.6. The molecule has 0 saturated carbocycles. The lowest BCUT2D eigenvalue weighted by molar-refractivity contribution is -0.138. The maximum atomic E-state index is 12.9. The molecule has 3 unspecified atom stereocenters.